The molecule has 1 aliphatic carbocycles. The van der Waals surface area contributed by atoms with Crippen LogP contribution in [-0.4, -0.2) is 11.9 Å². The number of rotatable bonds is 3. The molecule has 0 radical (unpaired) electrons. The third-order valence-electron chi connectivity index (χ3n) is 3.42. The molecule has 1 saturated carbocycles. The maximum absolute atomic E-state index is 13.4. The van der Waals surface area contributed by atoms with E-state index in [1.807, 2.05) is 0 Å². The van der Waals surface area contributed by atoms with Crippen molar-refractivity contribution < 1.29 is 9.18 Å². The number of carbonyl (C=O) groups is 1. The van der Waals surface area contributed by atoms with Gasteiger partial charge < -0.3 is 5.32 Å². The number of halogens is 3. The van der Waals surface area contributed by atoms with E-state index in [9.17, 15) is 9.18 Å². The second kappa shape index (κ2) is 6.71. The fourth-order valence-corrected chi connectivity index (χ4v) is 2.79. The summed E-state index contributed by atoms with van der Waals surface area (Å²) in [4.78, 5) is 12.0. The number of hydrogen-bond donors (Lipinski definition) is 1. The fourth-order valence-electron chi connectivity index (χ4n) is 2.34. The Morgan fingerprint density at radius 1 is 1.37 bits per heavy atom. The first-order chi connectivity index (χ1) is 9.08. The highest BCUT2D eigenvalue weighted by atomic mass is 79.9. The number of carbonyl (C=O) groups excluding carboxylic acids is 1. The van der Waals surface area contributed by atoms with Crippen LogP contribution in [0.2, 0.25) is 0 Å². The van der Waals surface area contributed by atoms with Crippen molar-refractivity contribution in [2.75, 3.05) is 0 Å². The zero-order valence-corrected chi connectivity index (χ0v) is 12.8. The minimum Gasteiger partial charge on any atom is -0.352 e. The standard InChI is InChI=1S/C14H16BrClFNO/c15-11-7-6-9(8-12(11)17)13(16)14(19)18-10-4-2-1-3-5-10/h6-8,10,13H,1-5H2,(H,18,19). The van der Waals surface area contributed by atoms with Gasteiger partial charge in [0.05, 0.1) is 4.47 Å². The first-order valence-electron chi connectivity index (χ1n) is 6.47. The van der Waals surface area contributed by atoms with E-state index in [1.54, 1.807) is 12.1 Å². The van der Waals surface area contributed by atoms with E-state index in [2.05, 4.69) is 21.2 Å². The summed E-state index contributed by atoms with van der Waals surface area (Å²) in [7, 11) is 0. The van der Waals surface area contributed by atoms with Crippen LogP contribution in [0.4, 0.5) is 4.39 Å². The third kappa shape index (κ3) is 3.93. The van der Waals surface area contributed by atoms with Gasteiger partial charge >= 0.3 is 0 Å². The maximum atomic E-state index is 13.4. The van der Waals surface area contributed by atoms with Crippen LogP contribution in [-0.2, 0) is 4.79 Å². The van der Waals surface area contributed by atoms with Gasteiger partial charge in [0.25, 0.3) is 0 Å². The Balaban J connectivity index is 1.99. The van der Waals surface area contributed by atoms with E-state index >= 15 is 0 Å². The summed E-state index contributed by atoms with van der Waals surface area (Å²) in [6, 6.07) is 4.73. The summed E-state index contributed by atoms with van der Waals surface area (Å²) in [5, 5.41) is 2.10. The first-order valence-corrected chi connectivity index (χ1v) is 7.70. The Kier molecular flexibility index (Phi) is 5.22. The van der Waals surface area contributed by atoms with Crippen LogP contribution in [0.3, 0.4) is 0 Å². The second-order valence-corrected chi connectivity index (χ2v) is 6.17. The van der Waals surface area contributed by atoms with Crippen molar-refractivity contribution >= 4 is 33.4 Å². The lowest BCUT2D eigenvalue weighted by atomic mass is 9.95. The quantitative estimate of drug-likeness (QED) is 0.810. The summed E-state index contributed by atoms with van der Waals surface area (Å²) in [5.41, 5.74) is 0.482. The number of hydrogen-bond acceptors (Lipinski definition) is 1. The molecule has 0 saturated heterocycles. The number of amides is 1. The van der Waals surface area contributed by atoms with Crippen LogP contribution < -0.4 is 5.32 Å². The van der Waals surface area contributed by atoms with Gasteiger partial charge in [-0.3, -0.25) is 4.79 Å². The van der Waals surface area contributed by atoms with E-state index in [1.165, 1.54) is 12.5 Å². The van der Waals surface area contributed by atoms with E-state index in [-0.39, 0.29) is 11.9 Å². The Labute approximate surface area is 125 Å². The molecule has 104 valence electrons. The SMILES string of the molecule is O=C(NC1CCCCC1)C(Cl)c1ccc(Br)c(F)c1. The van der Waals surface area contributed by atoms with Crippen molar-refractivity contribution in [3.8, 4) is 0 Å². The molecule has 0 bridgehead atoms. The van der Waals surface area contributed by atoms with Crippen LogP contribution in [0, 0.1) is 5.82 Å². The van der Waals surface area contributed by atoms with Crippen LogP contribution in [0.25, 0.3) is 0 Å². The molecule has 1 atom stereocenters. The van der Waals surface area contributed by atoms with Gasteiger partial charge in [-0.1, -0.05) is 25.3 Å². The molecule has 5 heteroatoms. The Hall–Kier alpha value is -0.610. The average Bonchev–Trinajstić information content (AvgIpc) is 2.42. The van der Waals surface area contributed by atoms with Gasteiger partial charge in [0.1, 0.15) is 11.2 Å². The predicted octanol–water partition coefficient (Wildman–Crippen LogP) is 4.32. The summed E-state index contributed by atoms with van der Waals surface area (Å²) < 4.78 is 13.8. The van der Waals surface area contributed by atoms with Crippen LogP contribution in [0.5, 0.6) is 0 Å². The van der Waals surface area contributed by atoms with Gasteiger partial charge in [0.2, 0.25) is 5.91 Å². The minimum absolute atomic E-state index is 0.211. The van der Waals surface area contributed by atoms with Crippen molar-refractivity contribution in [1.82, 2.24) is 5.32 Å². The van der Waals surface area contributed by atoms with Crippen LogP contribution in [0.1, 0.15) is 43.0 Å². The smallest absolute Gasteiger partial charge is 0.242 e. The Morgan fingerprint density at radius 3 is 2.68 bits per heavy atom. The monoisotopic (exact) mass is 347 g/mol. The van der Waals surface area contributed by atoms with E-state index in [0.717, 1.165) is 25.7 Å². The largest absolute Gasteiger partial charge is 0.352 e. The second-order valence-electron chi connectivity index (χ2n) is 4.88. The third-order valence-corrected chi connectivity index (χ3v) is 4.51. The topological polar surface area (TPSA) is 29.1 Å². The summed E-state index contributed by atoms with van der Waals surface area (Å²) in [5.74, 6) is -0.649. The van der Waals surface area contributed by atoms with Crippen molar-refractivity contribution in [3.05, 3.63) is 34.1 Å². The highest BCUT2D eigenvalue weighted by Crippen LogP contribution is 2.26. The molecule has 0 aliphatic heterocycles. The molecule has 1 aliphatic rings. The van der Waals surface area contributed by atoms with Crippen LogP contribution in [0.15, 0.2) is 22.7 Å². The van der Waals surface area contributed by atoms with Gasteiger partial charge in [-0.25, -0.2) is 4.39 Å². The van der Waals surface area contributed by atoms with E-state index in [4.69, 9.17) is 11.6 Å². The summed E-state index contributed by atoms with van der Waals surface area (Å²) >= 11 is 9.18. The van der Waals surface area contributed by atoms with Gasteiger partial charge in [0, 0.05) is 6.04 Å². The van der Waals surface area contributed by atoms with Gasteiger partial charge in [-0.2, -0.15) is 0 Å². The fraction of sp³-hybridized carbons (Fsp3) is 0.500. The van der Waals surface area contributed by atoms with Crippen LogP contribution >= 0.6 is 27.5 Å². The minimum atomic E-state index is -0.843. The van der Waals surface area contributed by atoms with Crippen molar-refractivity contribution in [1.29, 1.82) is 0 Å². The highest BCUT2D eigenvalue weighted by Gasteiger charge is 2.22. The molecule has 0 heterocycles. The molecule has 1 unspecified atom stereocenters. The van der Waals surface area contributed by atoms with Gasteiger partial charge in [-0.05, 0) is 46.5 Å². The molecule has 1 amide bonds. The zero-order valence-electron chi connectivity index (χ0n) is 10.5. The molecule has 19 heavy (non-hydrogen) atoms. The first kappa shape index (κ1) is 14.8. The normalized spacial score (nSPS) is 18.1. The highest BCUT2D eigenvalue weighted by molar-refractivity contribution is 9.10. The lowest BCUT2D eigenvalue weighted by molar-refractivity contribution is -0.121. The van der Waals surface area contributed by atoms with Gasteiger partial charge in [-0.15, -0.1) is 11.6 Å². The summed E-state index contributed by atoms with van der Waals surface area (Å²) in [6.45, 7) is 0. The number of benzene rings is 1. The molecule has 2 rings (SSSR count). The molecule has 0 spiro atoms. The van der Waals surface area contributed by atoms with E-state index < -0.39 is 11.2 Å². The van der Waals surface area contributed by atoms with E-state index in [0.29, 0.717) is 10.0 Å². The molecule has 0 aromatic heterocycles. The Morgan fingerprint density at radius 2 is 2.05 bits per heavy atom. The lowest BCUT2D eigenvalue weighted by Crippen LogP contribution is -2.38. The molecule has 1 aromatic carbocycles. The summed E-state index contributed by atoms with van der Waals surface area (Å²) in [6.07, 6.45) is 5.53. The zero-order chi connectivity index (χ0) is 13.8. The molecule has 2 nitrogen and oxygen atoms in total. The Bertz CT molecular complexity index is 463. The predicted molar refractivity (Wildman–Crippen MR) is 77.7 cm³/mol. The molecule has 1 N–H and O–H groups in total. The molecular formula is C14H16BrClFNO. The van der Waals surface area contributed by atoms with Crippen molar-refractivity contribution in [2.45, 2.75) is 43.5 Å². The molecular weight excluding hydrogens is 333 g/mol. The molecule has 1 aromatic rings. The van der Waals surface area contributed by atoms with Crippen molar-refractivity contribution in [3.63, 3.8) is 0 Å². The molecule has 1 fully saturated rings. The lowest BCUT2D eigenvalue weighted by Gasteiger charge is -2.24. The number of nitrogens with one attached hydrogen (secondary N) is 1. The van der Waals surface area contributed by atoms with Crippen molar-refractivity contribution in [2.24, 2.45) is 0 Å². The average molecular weight is 349 g/mol. The van der Waals surface area contributed by atoms with Gasteiger partial charge in [0.15, 0.2) is 0 Å². The maximum Gasteiger partial charge on any atom is 0.242 e. The number of alkyl halides is 1.